The molecule has 144 valence electrons. The van der Waals surface area contributed by atoms with E-state index < -0.39 is 5.41 Å². The van der Waals surface area contributed by atoms with Gasteiger partial charge in [-0.25, -0.2) is 0 Å². The molecule has 1 aromatic carbocycles. The van der Waals surface area contributed by atoms with Crippen LogP contribution in [0.2, 0.25) is 5.02 Å². The smallest absolute Gasteiger partial charge is 0.230 e. The third kappa shape index (κ3) is 3.91. The van der Waals surface area contributed by atoms with Crippen molar-refractivity contribution in [1.29, 1.82) is 0 Å². The first-order chi connectivity index (χ1) is 13.1. The zero-order valence-electron chi connectivity index (χ0n) is 15.5. The van der Waals surface area contributed by atoms with E-state index in [1.807, 2.05) is 43.3 Å². The van der Waals surface area contributed by atoms with Crippen molar-refractivity contribution in [2.45, 2.75) is 31.2 Å². The number of rotatable bonds is 6. The third-order valence-electron chi connectivity index (χ3n) is 5.59. The van der Waals surface area contributed by atoms with Crippen molar-refractivity contribution in [2.24, 2.45) is 0 Å². The number of amides is 1. The number of halogens is 1. The van der Waals surface area contributed by atoms with Crippen LogP contribution < -0.4 is 5.32 Å². The van der Waals surface area contributed by atoms with Gasteiger partial charge < -0.3 is 14.5 Å². The van der Waals surface area contributed by atoms with E-state index in [0.29, 0.717) is 24.8 Å². The number of morpholine rings is 1. The zero-order chi connectivity index (χ0) is 18.9. The summed E-state index contributed by atoms with van der Waals surface area (Å²) in [6.07, 6.45) is 1.72. The molecule has 6 heteroatoms. The summed E-state index contributed by atoms with van der Waals surface area (Å²) in [5, 5.41) is 3.85. The molecule has 5 nitrogen and oxygen atoms in total. The number of aryl methyl sites for hydroxylation is 1. The molecule has 4 rings (SSSR count). The molecule has 2 aliphatic rings. The van der Waals surface area contributed by atoms with Gasteiger partial charge in [0, 0.05) is 24.7 Å². The number of ether oxygens (including phenoxy) is 1. The first kappa shape index (κ1) is 18.5. The molecular weight excluding hydrogens is 364 g/mol. The Morgan fingerprint density at radius 2 is 2.04 bits per heavy atom. The van der Waals surface area contributed by atoms with Crippen LogP contribution >= 0.6 is 11.6 Å². The van der Waals surface area contributed by atoms with Crippen molar-refractivity contribution in [3.63, 3.8) is 0 Å². The summed E-state index contributed by atoms with van der Waals surface area (Å²) >= 11 is 6.13. The summed E-state index contributed by atoms with van der Waals surface area (Å²) in [5.74, 6) is 1.85. The Kier molecular flexibility index (Phi) is 5.26. The summed E-state index contributed by atoms with van der Waals surface area (Å²) in [4.78, 5) is 15.4. The lowest BCUT2D eigenvalue weighted by atomic mass is 9.95. The van der Waals surface area contributed by atoms with Gasteiger partial charge >= 0.3 is 0 Å². The fourth-order valence-corrected chi connectivity index (χ4v) is 4.04. The van der Waals surface area contributed by atoms with Gasteiger partial charge in [0.15, 0.2) is 0 Å². The number of hydrogen-bond acceptors (Lipinski definition) is 4. The van der Waals surface area contributed by atoms with Crippen LogP contribution in [0.5, 0.6) is 0 Å². The molecule has 1 aliphatic carbocycles. The highest BCUT2D eigenvalue weighted by molar-refractivity contribution is 6.30. The van der Waals surface area contributed by atoms with E-state index in [1.165, 1.54) is 0 Å². The topological polar surface area (TPSA) is 54.7 Å². The van der Waals surface area contributed by atoms with Crippen molar-refractivity contribution < 1.29 is 13.9 Å². The molecular formula is C21H25ClN2O3. The molecule has 1 saturated heterocycles. The van der Waals surface area contributed by atoms with Gasteiger partial charge in [0.1, 0.15) is 11.5 Å². The van der Waals surface area contributed by atoms with Crippen molar-refractivity contribution in [3.05, 3.63) is 58.5 Å². The SMILES string of the molecule is Cc1ccc(C(CNC(=O)C2(c3cccc(Cl)c3)CC2)N2CCOCC2)o1. The second kappa shape index (κ2) is 7.66. The van der Waals surface area contributed by atoms with Crippen molar-refractivity contribution in [3.8, 4) is 0 Å². The van der Waals surface area contributed by atoms with E-state index in [0.717, 1.165) is 43.0 Å². The molecule has 1 aromatic heterocycles. The van der Waals surface area contributed by atoms with Gasteiger partial charge in [-0.3, -0.25) is 9.69 Å². The lowest BCUT2D eigenvalue weighted by molar-refractivity contribution is -0.124. The van der Waals surface area contributed by atoms with Crippen molar-refractivity contribution >= 4 is 17.5 Å². The number of nitrogens with zero attached hydrogens (tertiary/aromatic N) is 1. The number of carbonyl (C=O) groups excluding carboxylic acids is 1. The molecule has 1 saturated carbocycles. The molecule has 0 bridgehead atoms. The highest BCUT2D eigenvalue weighted by Gasteiger charge is 2.51. The van der Waals surface area contributed by atoms with Crippen LogP contribution in [0.3, 0.4) is 0 Å². The van der Waals surface area contributed by atoms with E-state index in [4.69, 9.17) is 20.8 Å². The van der Waals surface area contributed by atoms with Crippen LogP contribution in [0.25, 0.3) is 0 Å². The van der Waals surface area contributed by atoms with Gasteiger partial charge in [0.05, 0.1) is 24.7 Å². The average molecular weight is 389 g/mol. The van der Waals surface area contributed by atoms with E-state index in [2.05, 4.69) is 10.2 Å². The summed E-state index contributed by atoms with van der Waals surface area (Å²) in [6, 6.07) is 11.6. The predicted octanol–water partition coefficient (Wildman–Crippen LogP) is 3.46. The molecule has 1 aliphatic heterocycles. The second-order valence-corrected chi connectivity index (χ2v) is 7.85. The van der Waals surface area contributed by atoms with Crippen molar-refractivity contribution in [2.75, 3.05) is 32.8 Å². The molecule has 27 heavy (non-hydrogen) atoms. The molecule has 2 aromatic rings. The Bertz CT molecular complexity index is 809. The van der Waals surface area contributed by atoms with Gasteiger partial charge in [-0.1, -0.05) is 23.7 Å². The van der Waals surface area contributed by atoms with Gasteiger partial charge in [-0.05, 0) is 49.6 Å². The van der Waals surface area contributed by atoms with Crippen molar-refractivity contribution in [1.82, 2.24) is 10.2 Å². The Labute approximate surface area is 164 Å². The molecule has 2 fully saturated rings. The minimum atomic E-state index is -0.431. The Balaban J connectivity index is 1.48. The first-order valence-electron chi connectivity index (χ1n) is 9.51. The van der Waals surface area contributed by atoms with E-state index in [9.17, 15) is 4.79 Å². The van der Waals surface area contributed by atoms with Crippen LogP contribution in [-0.2, 0) is 14.9 Å². The number of hydrogen-bond donors (Lipinski definition) is 1. The van der Waals surface area contributed by atoms with Crippen LogP contribution in [0.1, 0.15) is 36.0 Å². The highest BCUT2D eigenvalue weighted by Crippen LogP contribution is 2.49. The maximum Gasteiger partial charge on any atom is 0.230 e. The normalized spacial score (nSPS) is 20.2. The van der Waals surface area contributed by atoms with Crippen LogP contribution in [0.4, 0.5) is 0 Å². The number of furan rings is 1. The second-order valence-electron chi connectivity index (χ2n) is 7.42. The summed E-state index contributed by atoms with van der Waals surface area (Å²) in [7, 11) is 0. The van der Waals surface area contributed by atoms with Gasteiger partial charge in [-0.15, -0.1) is 0 Å². The summed E-state index contributed by atoms with van der Waals surface area (Å²) in [5.41, 5.74) is 0.573. The minimum absolute atomic E-state index is 0.0155. The number of benzene rings is 1. The molecule has 1 atom stereocenters. The van der Waals surface area contributed by atoms with Crippen LogP contribution in [0, 0.1) is 6.92 Å². The maximum absolute atomic E-state index is 13.0. The monoisotopic (exact) mass is 388 g/mol. The summed E-state index contributed by atoms with van der Waals surface area (Å²) < 4.78 is 11.4. The minimum Gasteiger partial charge on any atom is -0.465 e. The van der Waals surface area contributed by atoms with E-state index in [1.54, 1.807) is 0 Å². The Hall–Kier alpha value is -1.82. The quantitative estimate of drug-likeness (QED) is 0.823. The highest BCUT2D eigenvalue weighted by atomic mass is 35.5. The van der Waals surface area contributed by atoms with Crippen LogP contribution in [0.15, 0.2) is 40.8 Å². The maximum atomic E-state index is 13.0. The van der Waals surface area contributed by atoms with Gasteiger partial charge in [0.25, 0.3) is 0 Å². The third-order valence-corrected chi connectivity index (χ3v) is 5.83. The Morgan fingerprint density at radius 1 is 1.26 bits per heavy atom. The predicted molar refractivity (Wildman–Crippen MR) is 104 cm³/mol. The number of carbonyl (C=O) groups is 1. The number of nitrogens with one attached hydrogen (secondary N) is 1. The Morgan fingerprint density at radius 3 is 2.67 bits per heavy atom. The van der Waals surface area contributed by atoms with Gasteiger partial charge in [0.2, 0.25) is 5.91 Å². The van der Waals surface area contributed by atoms with E-state index >= 15 is 0 Å². The fourth-order valence-electron chi connectivity index (χ4n) is 3.85. The molecule has 0 spiro atoms. The van der Waals surface area contributed by atoms with Gasteiger partial charge in [-0.2, -0.15) is 0 Å². The molecule has 0 radical (unpaired) electrons. The zero-order valence-corrected chi connectivity index (χ0v) is 16.3. The first-order valence-corrected chi connectivity index (χ1v) is 9.89. The molecule has 1 unspecified atom stereocenters. The fraction of sp³-hybridized carbons (Fsp3) is 0.476. The molecule has 1 N–H and O–H groups in total. The average Bonchev–Trinajstić information content (AvgIpc) is 3.39. The van der Waals surface area contributed by atoms with Crippen LogP contribution in [-0.4, -0.2) is 43.7 Å². The molecule has 1 amide bonds. The standard InChI is InChI=1S/C21H25ClN2O3/c1-15-5-6-19(27-15)18(24-9-11-26-12-10-24)14-23-20(25)21(7-8-21)16-3-2-4-17(22)13-16/h2-6,13,18H,7-12,14H2,1H3,(H,23,25). The molecule has 2 heterocycles. The summed E-state index contributed by atoms with van der Waals surface area (Å²) in [6.45, 7) is 5.54. The lowest BCUT2D eigenvalue weighted by Crippen LogP contribution is -2.45. The largest absolute Gasteiger partial charge is 0.465 e. The van der Waals surface area contributed by atoms with E-state index in [-0.39, 0.29) is 11.9 Å². The lowest BCUT2D eigenvalue weighted by Gasteiger charge is -2.33.